The highest BCUT2D eigenvalue weighted by atomic mass is 35.5. The van der Waals surface area contributed by atoms with E-state index in [1.165, 1.54) is 0 Å². The number of hydrogen-bond donors (Lipinski definition) is 3. The molecule has 0 radical (unpaired) electrons. The number of anilines is 4. The van der Waals surface area contributed by atoms with Gasteiger partial charge in [0.15, 0.2) is 0 Å². The number of amides is 1. The summed E-state index contributed by atoms with van der Waals surface area (Å²) in [5, 5.41) is 6.75. The van der Waals surface area contributed by atoms with Crippen LogP contribution in [0.4, 0.5) is 23.1 Å². The van der Waals surface area contributed by atoms with E-state index in [0.29, 0.717) is 16.7 Å². The molecule has 2 heterocycles. The number of nitrogens with zero attached hydrogens (tertiary/aromatic N) is 3. The fourth-order valence-electron chi connectivity index (χ4n) is 3.31. The summed E-state index contributed by atoms with van der Waals surface area (Å²) in [6.45, 7) is 5.31. The number of nitrogen functional groups attached to an aromatic ring is 1. The number of rotatable bonds is 7. The third-order valence-electron chi connectivity index (χ3n) is 4.72. The number of aryl methyl sites for hydroxylation is 1. The molecule has 1 aliphatic heterocycles. The van der Waals surface area contributed by atoms with Gasteiger partial charge in [0, 0.05) is 43.5 Å². The van der Waals surface area contributed by atoms with Crippen LogP contribution >= 0.6 is 24.0 Å². The molecule has 3 rings (SSSR count). The Morgan fingerprint density at radius 1 is 1.34 bits per heavy atom. The smallest absolute Gasteiger partial charge is 0.229 e. The van der Waals surface area contributed by atoms with E-state index < -0.39 is 0 Å². The molecule has 7 nitrogen and oxygen atoms in total. The normalized spacial score (nSPS) is 15.7. The number of hydrogen-bond acceptors (Lipinski definition) is 6. The van der Waals surface area contributed by atoms with E-state index in [2.05, 4.69) is 27.4 Å². The molecule has 158 valence electrons. The zero-order chi connectivity index (χ0) is 20.1. The maximum Gasteiger partial charge on any atom is 0.229 e. The van der Waals surface area contributed by atoms with E-state index in [-0.39, 0.29) is 24.4 Å². The SMILES string of the molecule is CCCCc1cc(N2CCC(NC(C)=O)C2)nc(Nc2ccc(Cl)c(N)c2)n1.Cl. The van der Waals surface area contributed by atoms with Crippen LogP contribution in [0.3, 0.4) is 0 Å². The molecule has 4 N–H and O–H groups in total. The molecule has 1 aromatic carbocycles. The minimum absolute atomic E-state index is 0. The van der Waals surface area contributed by atoms with Gasteiger partial charge < -0.3 is 21.3 Å². The van der Waals surface area contributed by atoms with Crippen molar-refractivity contribution in [3.63, 3.8) is 0 Å². The van der Waals surface area contributed by atoms with Crippen LogP contribution < -0.4 is 21.3 Å². The van der Waals surface area contributed by atoms with Crippen LogP contribution in [0, 0.1) is 0 Å². The van der Waals surface area contributed by atoms with Crippen LogP contribution in [-0.2, 0) is 11.2 Å². The average molecular weight is 439 g/mol. The number of unbranched alkanes of at least 4 members (excludes halogenated alkanes) is 1. The average Bonchev–Trinajstić information content (AvgIpc) is 3.11. The molecule has 0 saturated carbocycles. The van der Waals surface area contributed by atoms with Gasteiger partial charge in [-0.2, -0.15) is 4.98 Å². The number of carbonyl (C=O) groups excluding carboxylic acids is 1. The van der Waals surface area contributed by atoms with Gasteiger partial charge in [-0.1, -0.05) is 24.9 Å². The fraction of sp³-hybridized carbons (Fsp3) is 0.450. The summed E-state index contributed by atoms with van der Waals surface area (Å²) in [7, 11) is 0. The zero-order valence-corrected chi connectivity index (χ0v) is 18.3. The predicted molar refractivity (Wildman–Crippen MR) is 121 cm³/mol. The summed E-state index contributed by atoms with van der Waals surface area (Å²) in [4.78, 5) is 22.9. The Kier molecular flexibility index (Phi) is 8.34. The van der Waals surface area contributed by atoms with Crippen LogP contribution in [0.1, 0.15) is 38.8 Å². The molecule has 9 heteroatoms. The summed E-state index contributed by atoms with van der Waals surface area (Å²) in [5.74, 6) is 1.41. The van der Waals surface area contributed by atoms with Crippen LogP contribution in [-0.4, -0.2) is 35.0 Å². The highest BCUT2D eigenvalue weighted by Crippen LogP contribution is 2.26. The van der Waals surface area contributed by atoms with Crippen molar-refractivity contribution in [2.75, 3.05) is 29.0 Å². The van der Waals surface area contributed by atoms with Crippen LogP contribution in [0.5, 0.6) is 0 Å². The maximum absolute atomic E-state index is 11.3. The molecule has 1 fully saturated rings. The molecule has 0 bridgehead atoms. The summed E-state index contributed by atoms with van der Waals surface area (Å²) < 4.78 is 0. The number of aromatic nitrogens is 2. The lowest BCUT2D eigenvalue weighted by Gasteiger charge is -2.19. The lowest BCUT2D eigenvalue weighted by molar-refractivity contribution is -0.119. The van der Waals surface area contributed by atoms with Gasteiger partial charge in [0.2, 0.25) is 11.9 Å². The maximum atomic E-state index is 11.3. The quantitative estimate of drug-likeness (QED) is 0.566. The summed E-state index contributed by atoms with van der Waals surface area (Å²) in [6.07, 6.45) is 3.97. The van der Waals surface area contributed by atoms with Gasteiger partial charge in [-0.15, -0.1) is 12.4 Å². The Morgan fingerprint density at radius 2 is 2.14 bits per heavy atom. The van der Waals surface area contributed by atoms with Crippen molar-refractivity contribution < 1.29 is 4.79 Å². The van der Waals surface area contributed by atoms with Crippen molar-refractivity contribution in [2.45, 2.75) is 45.6 Å². The van der Waals surface area contributed by atoms with Gasteiger partial charge >= 0.3 is 0 Å². The number of nitrogens with two attached hydrogens (primary N) is 1. The van der Waals surface area contributed by atoms with Gasteiger partial charge in [0.1, 0.15) is 5.82 Å². The number of halogens is 2. The van der Waals surface area contributed by atoms with E-state index >= 15 is 0 Å². The molecule has 1 atom stereocenters. The molecule has 1 aromatic heterocycles. The molecule has 0 aliphatic carbocycles. The predicted octanol–water partition coefficient (Wildman–Crippen LogP) is 3.94. The van der Waals surface area contributed by atoms with Crippen molar-refractivity contribution >= 4 is 53.1 Å². The van der Waals surface area contributed by atoms with Crippen molar-refractivity contribution in [1.29, 1.82) is 0 Å². The van der Waals surface area contributed by atoms with Gasteiger partial charge in [-0.05, 0) is 37.5 Å². The molecular formula is C20H28Cl2N6O. The Labute approximate surface area is 182 Å². The number of nitrogens with one attached hydrogen (secondary N) is 2. The lowest BCUT2D eigenvalue weighted by Crippen LogP contribution is -2.35. The lowest BCUT2D eigenvalue weighted by atomic mass is 10.2. The molecule has 1 saturated heterocycles. The standard InChI is InChI=1S/C20H27ClN6O.ClH/c1-3-4-5-14-11-19(27-9-8-16(12-27)23-13(2)28)26-20(24-14)25-15-6-7-17(21)18(22)10-15;/h6-7,10-11,16H,3-5,8-9,12,22H2,1-2H3,(H,23,28)(H,24,25,26);1H. The molecule has 1 aliphatic rings. The van der Waals surface area contributed by atoms with Crippen LogP contribution in [0.25, 0.3) is 0 Å². The van der Waals surface area contributed by atoms with Crippen molar-refractivity contribution in [2.24, 2.45) is 0 Å². The van der Waals surface area contributed by atoms with E-state index in [1.54, 1.807) is 19.1 Å². The molecule has 0 spiro atoms. The second-order valence-corrected chi connectivity index (χ2v) is 7.55. The third kappa shape index (κ3) is 6.37. The van der Waals surface area contributed by atoms with Gasteiger partial charge in [-0.3, -0.25) is 4.79 Å². The third-order valence-corrected chi connectivity index (χ3v) is 5.07. The van der Waals surface area contributed by atoms with Gasteiger partial charge in [0.25, 0.3) is 0 Å². The minimum atomic E-state index is 0. The van der Waals surface area contributed by atoms with Crippen LogP contribution in [0.2, 0.25) is 5.02 Å². The second kappa shape index (κ2) is 10.5. The van der Waals surface area contributed by atoms with Crippen molar-refractivity contribution in [3.8, 4) is 0 Å². The first-order valence-corrected chi connectivity index (χ1v) is 10.0. The summed E-state index contributed by atoms with van der Waals surface area (Å²) in [5.41, 5.74) is 8.19. The van der Waals surface area contributed by atoms with E-state index in [4.69, 9.17) is 22.3 Å². The highest BCUT2D eigenvalue weighted by Gasteiger charge is 2.24. The van der Waals surface area contributed by atoms with Crippen molar-refractivity contribution in [3.05, 3.63) is 35.0 Å². The Morgan fingerprint density at radius 3 is 2.83 bits per heavy atom. The Hall–Kier alpha value is -2.25. The largest absolute Gasteiger partial charge is 0.397 e. The first-order chi connectivity index (χ1) is 13.4. The topological polar surface area (TPSA) is 96.2 Å². The molecule has 1 amide bonds. The molecule has 1 unspecified atom stereocenters. The van der Waals surface area contributed by atoms with E-state index in [1.807, 2.05) is 12.1 Å². The molecule has 29 heavy (non-hydrogen) atoms. The fourth-order valence-corrected chi connectivity index (χ4v) is 3.43. The van der Waals surface area contributed by atoms with E-state index in [9.17, 15) is 4.79 Å². The minimum Gasteiger partial charge on any atom is -0.397 e. The first-order valence-electron chi connectivity index (χ1n) is 9.66. The van der Waals surface area contributed by atoms with Crippen molar-refractivity contribution in [1.82, 2.24) is 15.3 Å². The van der Waals surface area contributed by atoms with E-state index in [0.717, 1.165) is 56.0 Å². The Bertz CT molecular complexity index is 848. The Balaban J connectivity index is 0.00000300. The first kappa shape index (κ1) is 23.0. The molecular weight excluding hydrogens is 411 g/mol. The second-order valence-electron chi connectivity index (χ2n) is 7.14. The number of benzene rings is 1. The molecule has 2 aromatic rings. The monoisotopic (exact) mass is 438 g/mol. The zero-order valence-electron chi connectivity index (χ0n) is 16.7. The van der Waals surface area contributed by atoms with Crippen LogP contribution in [0.15, 0.2) is 24.3 Å². The summed E-state index contributed by atoms with van der Waals surface area (Å²) >= 11 is 6.01. The summed E-state index contributed by atoms with van der Waals surface area (Å²) in [6, 6.07) is 7.57. The number of carbonyl (C=O) groups is 1. The van der Waals surface area contributed by atoms with Gasteiger partial charge in [-0.25, -0.2) is 4.98 Å². The highest BCUT2D eigenvalue weighted by molar-refractivity contribution is 6.33. The van der Waals surface area contributed by atoms with Gasteiger partial charge in [0.05, 0.1) is 10.7 Å².